The lowest BCUT2D eigenvalue weighted by Gasteiger charge is -2.09. The van der Waals surface area contributed by atoms with Crippen molar-refractivity contribution in [1.82, 2.24) is 9.55 Å². The van der Waals surface area contributed by atoms with E-state index in [4.69, 9.17) is 16.3 Å². The molecule has 1 aromatic heterocycles. The van der Waals surface area contributed by atoms with Crippen molar-refractivity contribution < 1.29 is 9.13 Å². The van der Waals surface area contributed by atoms with Crippen LogP contribution in [0.2, 0.25) is 5.15 Å². The number of hydrogen-bond donors (Lipinski definition) is 0. The molecule has 0 aliphatic carbocycles. The fourth-order valence-electron chi connectivity index (χ4n) is 1.58. The molecule has 0 saturated carbocycles. The van der Waals surface area contributed by atoms with Gasteiger partial charge in [-0.15, -0.1) is 0 Å². The highest BCUT2D eigenvalue weighted by Gasteiger charge is 2.12. The molecular weight excluding hydrogens is 338 g/mol. The third-order valence-corrected chi connectivity index (χ3v) is 3.27. The Hall–Kier alpha value is -1.40. The van der Waals surface area contributed by atoms with Crippen molar-refractivity contribution >= 4 is 27.5 Å². The number of halogens is 3. The molecule has 0 unspecified atom stereocenters. The van der Waals surface area contributed by atoms with E-state index in [2.05, 4.69) is 20.9 Å². The average molecular weight is 348 g/mol. The molecule has 2 rings (SSSR count). The van der Waals surface area contributed by atoms with Crippen LogP contribution in [-0.4, -0.2) is 16.7 Å². The fourth-order valence-corrected chi connectivity index (χ4v) is 2.19. The van der Waals surface area contributed by atoms with E-state index in [-0.39, 0.29) is 17.4 Å². The third kappa shape index (κ3) is 2.96. The van der Waals surface area contributed by atoms with Crippen LogP contribution in [0, 0.1) is 5.82 Å². The predicted octanol–water partition coefficient (Wildman–Crippen LogP) is 2.86. The maximum absolute atomic E-state index is 13.6. The Morgan fingerprint density at radius 3 is 2.95 bits per heavy atom. The first-order chi connectivity index (χ1) is 9.02. The van der Waals surface area contributed by atoms with Gasteiger partial charge < -0.3 is 4.74 Å². The van der Waals surface area contributed by atoms with Crippen molar-refractivity contribution in [1.29, 1.82) is 0 Å². The van der Waals surface area contributed by atoms with Crippen LogP contribution >= 0.6 is 27.5 Å². The maximum Gasteiger partial charge on any atom is 0.297 e. The van der Waals surface area contributed by atoms with Crippen molar-refractivity contribution in [3.63, 3.8) is 0 Å². The summed E-state index contributed by atoms with van der Waals surface area (Å²) in [5.41, 5.74) is -0.0930. The van der Waals surface area contributed by atoms with Gasteiger partial charge in [-0.25, -0.2) is 9.37 Å². The van der Waals surface area contributed by atoms with E-state index in [1.807, 2.05) is 0 Å². The molecule has 0 spiro atoms. The van der Waals surface area contributed by atoms with Gasteiger partial charge in [-0.3, -0.25) is 9.36 Å². The molecule has 7 heteroatoms. The van der Waals surface area contributed by atoms with Crippen molar-refractivity contribution in [3.05, 3.63) is 55.9 Å². The summed E-state index contributed by atoms with van der Waals surface area (Å²) in [6, 6.07) is 4.51. The number of hydrogen-bond acceptors (Lipinski definition) is 3. The van der Waals surface area contributed by atoms with Crippen LogP contribution < -0.4 is 10.3 Å². The molecule has 0 atom stereocenters. The molecular formula is C12H9BrClFN2O2. The Morgan fingerprint density at radius 2 is 2.26 bits per heavy atom. The Labute approximate surface area is 121 Å². The molecule has 1 heterocycles. The van der Waals surface area contributed by atoms with Gasteiger partial charge >= 0.3 is 0 Å². The molecule has 0 N–H and O–H groups in total. The topological polar surface area (TPSA) is 44.1 Å². The SMILES string of the molecule is COc1c(Cl)ncn(Cc2cc(Br)ccc2F)c1=O. The number of methoxy groups -OCH3 is 1. The van der Waals surface area contributed by atoms with Crippen molar-refractivity contribution in [2.24, 2.45) is 0 Å². The number of aromatic nitrogens is 2. The molecule has 1 aromatic carbocycles. The summed E-state index contributed by atoms with van der Waals surface area (Å²) in [7, 11) is 1.33. The molecule has 0 saturated heterocycles. The van der Waals surface area contributed by atoms with Crippen LogP contribution in [0.3, 0.4) is 0 Å². The molecule has 19 heavy (non-hydrogen) atoms. The van der Waals surface area contributed by atoms with E-state index in [9.17, 15) is 9.18 Å². The first-order valence-electron chi connectivity index (χ1n) is 5.25. The van der Waals surface area contributed by atoms with Gasteiger partial charge in [-0.2, -0.15) is 0 Å². The molecule has 0 aliphatic rings. The van der Waals surface area contributed by atoms with Gasteiger partial charge in [0.1, 0.15) is 5.82 Å². The number of benzene rings is 1. The summed E-state index contributed by atoms with van der Waals surface area (Å²) in [5, 5.41) is -0.0153. The molecule has 2 aromatic rings. The Bertz CT molecular complexity index is 675. The van der Waals surface area contributed by atoms with Gasteiger partial charge in [0.2, 0.25) is 5.75 Å². The van der Waals surface area contributed by atoms with Gasteiger partial charge in [-0.05, 0) is 18.2 Å². The highest BCUT2D eigenvalue weighted by Crippen LogP contribution is 2.18. The van der Waals surface area contributed by atoms with E-state index >= 15 is 0 Å². The van der Waals surface area contributed by atoms with Crippen LogP contribution in [0.25, 0.3) is 0 Å². The summed E-state index contributed by atoms with van der Waals surface area (Å²) >= 11 is 8.98. The van der Waals surface area contributed by atoms with Crippen LogP contribution in [-0.2, 0) is 6.54 Å². The zero-order valence-corrected chi connectivity index (χ0v) is 12.2. The van der Waals surface area contributed by atoms with Crippen molar-refractivity contribution in [3.8, 4) is 5.75 Å². The quantitative estimate of drug-likeness (QED) is 0.802. The van der Waals surface area contributed by atoms with Gasteiger partial charge in [0.25, 0.3) is 5.56 Å². The first kappa shape index (κ1) is 14.0. The van der Waals surface area contributed by atoms with Crippen LogP contribution in [0.5, 0.6) is 5.75 Å². The summed E-state index contributed by atoms with van der Waals surface area (Å²) in [6.07, 6.45) is 1.26. The van der Waals surface area contributed by atoms with Gasteiger partial charge in [0.05, 0.1) is 20.0 Å². The zero-order valence-electron chi connectivity index (χ0n) is 9.86. The highest BCUT2D eigenvalue weighted by molar-refractivity contribution is 9.10. The van der Waals surface area contributed by atoms with E-state index < -0.39 is 11.4 Å². The second-order valence-corrected chi connectivity index (χ2v) is 5.01. The molecule has 4 nitrogen and oxygen atoms in total. The molecule has 0 bridgehead atoms. The summed E-state index contributed by atoms with van der Waals surface area (Å²) in [4.78, 5) is 15.8. The third-order valence-electron chi connectivity index (χ3n) is 2.51. The lowest BCUT2D eigenvalue weighted by molar-refractivity contribution is 0.400. The summed E-state index contributed by atoms with van der Waals surface area (Å²) < 4.78 is 20.5. The fraction of sp³-hybridized carbons (Fsp3) is 0.167. The first-order valence-corrected chi connectivity index (χ1v) is 6.43. The second kappa shape index (κ2) is 5.71. The van der Waals surface area contributed by atoms with Gasteiger partial charge in [0.15, 0.2) is 5.15 Å². The molecule has 0 fully saturated rings. The predicted molar refractivity (Wildman–Crippen MR) is 73.3 cm³/mol. The van der Waals surface area contributed by atoms with Crippen LogP contribution in [0.1, 0.15) is 5.56 Å². The molecule has 0 aliphatic heterocycles. The minimum Gasteiger partial charge on any atom is -0.489 e. The molecule has 100 valence electrons. The standard InChI is InChI=1S/C12H9BrClFN2O2/c1-19-10-11(14)16-6-17(12(10)18)5-7-4-8(13)2-3-9(7)15/h2-4,6H,5H2,1H3. The smallest absolute Gasteiger partial charge is 0.297 e. The van der Waals surface area contributed by atoms with E-state index in [1.165, 1.54) is 24.1 Å². The van der Waals surface area contributed by atoms with E-state index in [1.54, 1.807) is 12.1 Å². The maximum atomic E-state index is 13.6. The Morgan fingerprint density at radius 1 is 1.53 bits per heavy atom. The minimum absolute atomic E-state index is 0.0153. The Kier molecular flexibility index (Phi) is 4.21. The van der Waals surface area contributed by atoms with Crippen molar-refractivity contribution in [2.45, 2.75) is 6.54 Å². The number of rotatable bonds is 3. The Balaban J connectivity index is 2.44. The van der Waals surface area contributed by atoms with Crippen molar-refractivity contribution in [2.75, 3.05) is 7.11 Å². The number of ether oxygens (including phenoxy) is 1. The summed E-state index contributed by atoms with van der Waals surface area (Å²) in [5.74, 6) is -0.455. The average Bonchev–Trinajstić information content (AvgIpc) is 2.38. The largest absolute Gasteiger partial charge is 0.489 e. The highest BCUT2D eigenvalue weighted by atomic mass is 79.9. The second-order valence-electron chi connectivity index (χ2n) is 3.74. The van der Waals surface area contributed by atoms with Gasteiger partial charge in [0, 0.05) is 10.0 Å². The van der Waals surface area contributed by atoms with E-state index in [0.29, 0.717) is 5.56 Å². The zero-order chi connectivity index (χ0) is 14.0. The normalized spacial score (nSPS) is 10.5. The lowest BCUT2D eigenvalue weighted by atomic mass is 10.2. The lowest BCUT2D eigenvalue weighted by Crippen LogP contribution is -2.23. The molecule has 0 radical (unpaired) electrons. The molecule has 0 amide bonds. The van der Waals surface area contributed by atoms with Crippen LogP contribution in [0.4, 0.5) is 4.39 Å². The van der Waals surface area contributed by atoms with Crippen LogP contribution in [0.15, 0.2) is 33.8 Å². The minimum atomic E-state index is -0.457. The van der Waals surface area contributed by atoms with E-state index in [0.717, 1.165) is 4.47 Å². The summed E-state index contributed by atoms with van der Waals surface area (Å²) in [6.45, 7) is 0.0463. The van der Waals surface area contributed by atoms with Gasteiger partial charge in [-0.1, -0.05) is 27.5 Å². The monoisotopic (exact) mass is 346 g/mol. The number of nitrogens with zero attached hydrogens (tertiary/aromatic N) is 2.